The standard InChI is InChI=1S/C49H94O10/c1-3-5-7-9-11-13-15-17-18-19-20-21-22-23-24-26-28-30-32-34-36-38-45(52)58-42(41-57-49-48(55)47(54)46(53)43(39-50)59-49)40-56-44(51)37-35-33-31-29-27-25-16-14-12-10-8-6-4-2/h42-43,46-50,53-55H,3-41H2,1-2H3. The summed E-state index contributed by atoms with van der Waals surface area (Å²) in [4.78, 5) is 25.4. The summed E-state index contributed by atoms with van der Waals surface area (Å²) in [5, 5.41) is 40.1. The maximum atomic E-state index is 12.8. The molecule has 0 aliphatic carbocycles. The van der Waals surface area contributed by atoms with Gasteiger partial charge < -0.3 is 39.4 Å². The van der Waals surface area contributed by atoms with Gasteiger partial charge in [0.2, 0.25) is 0 Å². The van der Waals surface area contributed by atoms with Gasteiger partial charge in [0.1, 0.15) is 31.0 Å². The average Bonchev–Trinajstić information content (AvgIpc) is 3.23. The van der Waals surface area contributed by atoms with Crippen molar-refractivity contribution in [2.75, 3.05) is 19.8 Å². The molecule has 0 aromatic heterocycles. The highest BCUT2D eigenvalue weighted by atomic mass is 16.7. The lowest BCUT2D eigenvalue weighted by Crippen LogP contribution is -2.59. The van der Waals surface area contributed by atoms with E-state index in [0.29, 0.717) is 6.42 Å². The predicted octanol–water partition coefficient (Wildman–Crippen LogP) is 11.3. The number of hydrogen-bond acceptors (Lipinski definition) is 10. The third-order valence-corrected chi connectivity index (χ3v) is 12.0. The molecule has 0 bridgehead atoms. The maximum Gasteiger partial charge on any atom is 0.306 e. The van der Waals surface area contributed by atoms with Crippen molar-refractivity contribution < 1.29 is 49.0 Å². The molecule has 10 nitrogen and oxygen atoms in total. The van der Waals surface area contributed by atoms with Crippen LogP contribution in [0.2, 0.25) is 0 Å². The summed E-state index contributed by atoms with van der Waals surface area (Å²) in [7, 11) is 0. The number of aliphatic hydroxyl groups is 4. The Kier molecular flexibility index (Phi) is 38.5. The van der Waals surface area contributed by atoms with Gasteiger partial charge in [-0.3, -0.25) is 9.59 Å². The minimum atomic E-state index is -1.59. The van der Waals surface area contributed by atoms with Crippen LogP contribution < -0.4 is 0 Å². The van der Waals surface area contributed by atoms with Gasteiger partial charge in [-0.05, 0) is 12.8 Å². The van der Waals surface area contributed by atoms with Gasteiger partial charge in [0.15, 0.2) is 12.4 Å². The molecule has 10 heteroatoms. The molecule has 6 atom stereocenters. The predicted molar refractivity (Wildman–Crippen MR) is 238 cm³/mol. The lowest BCUT2D eigenvalue weighted by Gasteiger charge is -2.39. The molecule has 0 amide bonds. The molecule has 1 aliphatic heterocycles. The summed E-state index contributed by atoms with van der Waals surface area (Å²) < 4.78 is 22.2. The summed E-state index contributed by atoms with van der Waals surface area (Å²) >= 11 is 0. The molecule has 1 heterocycles. The summed E-state index contributed by atoms with van der Waals surface area (Å²) in [6.45, 7) is 3.47. The van der Waals surface area contributed by atoms with E-state index in [1.807, 2.05) is 0 Å². The molecule has 0 aromatic rings. The van der Waals surface area contributed by atoms with E-state index in [-0.39, 0.29) is 32.0 Å². The van der Waals surface area contributed by atoms with Crippen molar-refractivity contribution in [3.63, 3.8) is 0 Å². The number of aliphatic hydroxyl groups excluding tert-OH is 4. The molecule has 1 saturated heterocycles. The lowest BCUT2D eigenvalue weighted by atomic mass is 9.99. The summed E-state index contributed by atoms with van der Waals surface area (Å²) in [5.41, 5.74) is 0. The van der Waals surface area contributed by atoms with Crippen molar-refractivity contribution in [1.82, 2.24) is 0 Å². The van der Waals surface area contributed by atoms with Crippen LogP contribution in [-0.2, 0) is 28.5 Å². The van der Waals surface area contributed by atoms with E-state index in [4.69, 9.17) is 18.9 Å². The Morgan fingerprint density at radius 2 is 0.797 bits per heavy atom. The molecule has 0 saturated carbocycles. The third kappa shape index (κ3) is 32.1. The Hall–Kier alpha value is -1.30. The molecular formula is C49H94O10. The normalized spacial score (nSPS) is 19.9. The summed E-state index contributed by atoms with van der Waals surface area (Å²) in [6, 6.07) is 0. The van der Waals surface area contributed by atoms with Crippen LogP contribution in [0.1, 0.15) is 245 Å². The van der Waals surface area contributed by atoms with E-state index >= 15 is 0 Å². The van der Waals surface area contributed by atoms with E-state index in [2.05, 4.69) is 13.8 Å². The fraction of sp³-hybridized carbons (Fsp3) is 0.959. The number of carbonyl (C=O) groups is 2. The molecule has 350 valence electrons. The largest absolute Gasteiger partial charge is 0.462 e. The van der Waals surface area contributed by atoms with Crippen LogP contribution in [-0.4, -0.2) is 89.0 Å². The highest BCUT2D eigenvalue weighted by Gasteiger charge is 2.44. The minimum Gasteiger partial charge on any atom is -0.462 e. The van der Waals surface area contributed by atoms with Crippen molar-refractivity contribution in [3.8, 4) is 0 Å². The monoisotopic (exact) mass is 843 g/mol. The van der Waals surface area contributed by atoms with Gasteiger partial charge >= 0.3 is 11.9 Å². The highest BCUT2D eigenvalue weighted by molar-refractivity contribution is 5.70. The molecule has 6 unspecified atom stereocenters. The van der Waals surface area contributed by atoms with Gasteiger partial charge in [-0.1, -0.05) is 219 Å². The highest BCUT2D eigenvalue weighted by Crippen LogP contribution is 2.23. The van der Waals surface area contributed by atoms with Crippen LogP contribution in [0.4, 0.5) is 0 Å². The fourth-order valence-corrected chi connectivity index (χ4v) is 8.01. The number of carbonyl (C=O) groups excluding carboxylic acids is 2. The molecular weight excluding hydrogens is 749 g/mol. The number of ether oxygens (including phenoxy) is 4. The van der Waals surface area contributed by atoms with Crippen LogP contribution in [0, 0.1) is 0 Å². The first kappa shape index (κ1) is 55.7. The van der Waals surface area contributed by atoms with Crippen LogP contribution >= 0.6 is 0 Å². The van der Waals surface area contributed by atoms with Crippen molar-refractivity contribution in [1.29, 1.82) is 0 Å². The Morgan fingerprint density at radius 3 is 1.15 bits per heavy atom. The zero-order valence-electron chi connectivity index (χ0n) is 38.3. The minimum absolute atomic E-state index is 0.209. The van der Waals surface area contributed by atoms with Gasteiger partial charge in [0, 0.05) is 12.8 Å². The lowest BCUT2D eigenvalue weighted by molar-refractivity contribution is -0.305. The molecule has 1 fully saturated rings. The van der Waals surface area contributed by atoms with Crippen molar-refractivity contribution in [2.24, 2.45) is 0 Å². The van der Waals surface area contributed by atoms with Crippen molar-refractivity contribution >= 4 is 11.9 Å². The molecule has 1 aliphatic rings. The summed E-state index contributed by atoms with van der Waals surface area (Å²) in [5.74, 6) is -0.788. The SMILES string of the molecule is CCCCCCCCCCCCCCCCCCCCCCCC(=O)OC(COC(=O)CCCCCCCCCCCCCCC)COC1OC(CO)C(O)C(O)C1O. The van der Waals surface area contributed by atoms with Gasteiger partial charge in [-0.2, -0.15) is 0 Å². The Balaban J connectivity index is 2.23. The molecule has 4 N–H and O–H groups in total. The Bertz CT molecular complexity index is 932. The smallest absolute Gasteiger partial charge is 0.306 e. The van der Waals surface area contributed by atoms with E-state index in [9.17, 15) is 30.0 Å². The molecule has 59 heavy (non-hydrogen) atoms. The second-order valence-electron chi connectivity index (χ2n) is 17.6. The van der Waals surface area contributed by atoms with E-state index in [1.54, 1.807) is 0 Å². The molecule has 1 rings (SSSR count). The van der Waals surface area contributed by atoms with Crippen LogP contribution in [0.5, 0.6) is 0 Å². The molecule has 0 spiro atoms. The van der Waals surface area contributed by atoms with E-state index in [0.717, 1.165) is 32.1 Å². The van der Waals surface area contributed by atoms with E-state index < -0.39 is 49.4 Å². The van der Waals surface area contributed by atoms with Crippen LogP contribution in [0.25, 0.3) is 0 Å². The van der Waals surface area contributed by atoms with Crippen LogP contribution in [0.3, 0.4) is 0 Å². The van der Waals surface area contributed by atoms with Gasteiger partial charge in [-0.25, -0.2) is 0 Å². The van der Waals surface area contributed by atoms with Gasteiger partial charge in [0.25, 0.3) is 0 Å². The Morgan fingerprint density at radius 1 is 0.458 bits per heavy atom. The van der Waals surface area contributed by atoms with Crippen molar-refractivity contribution in [3.05, 3.63) is 0 Å². The topological polar surface area (TPSA) is 152 Å². The maximum absolute atomic E-state index is 12.8. The molecule has 0 aromatic carbocycles. The van der Waals surface area contributed by atoms with E-state index in [1.165, 1.54) is 180 Å². The number of rotatable bonds is 43. The third-order valence-electron chi connectivity index (χ3n) is 12.0. The zero-order valence-corrected chi connectivity index (χ0v) is 38.3. The first-order valence-corrected chi connectivity index (χ1v) is 25.1. The number of esters is 2. The first-order chi connectivity index (χ1) is 28.8. The first-order valence-electron chi connectivity index (χ1n) is 25.1. The number of hydrogen-bond donors (Lipinski definition) is 4. The zero-order chi connectivity index (χ0) is 43.0. The number of unbranched alkanes of at least 4 members (excludes halogenated alkanes) is 32. The second-order valence-corrected chi connectivity index (χ2v) is 17.6. The quantitative estimate of drug-likeness (QED) is 0.0345. The second kappa shape index (κ2) is 40.8. The van der Waals surface area contributed by atoms with Gasteiger partial charge in [-0.15, -0.1) is 0 Å². The van der Waals surface area contributed by atoms with Crippen molar-refractivity contribution in [2.45, 2.75) is 282 Å². The fourth-order valence-electron chi connectivity index (χ4n) is 8.01. The van der Waals surface area contributed by atoms with Crippen LogP contribution in [0.15, 0.2) is 0 Å². The van der Waals surface area contributed by atoms with Gasteiger partial charge in [0.05, 0.1) is 13.2 Å². The summed E-state index contributed by atoms with van der Waals surface area (Å²) in [6.07, 6.45) is 35.4. The molecule has 0 radical (unpaired) electrons. The average molecular weight is 843 g/mol. The Labute approximate surface area is 361 Å².